The lowest BCUT2D eigenvalue weighted by Gasteiger charge is -2.15. The normalized spacial score (nSPS) is 11.3. The fraction of sp³-hybridized carbons (Fsp3) is 0. The summed E-state index contributed by atoms with van der Waals surface area (Å²) < 4.78 is 4.56. The molecule has 0 N–H and O–H groups in total. The Balaban J connectivity index is 1.26. The van der Waals surface area contributed by atoms with Crippen LogP contribution in [-0.4, -0.2) is 19.1 Å². The summed E-state index contributed by atoms with van der Waals surface area (Å²) in [5, 5.41) is 15.1. The van der Waals surface area contributed by atoms with Crippen molar-refractivity contribution in [2.45, 2.75) is 0 Å². The smallest absolute Gasteiger partial charge is 0.211 e. The van der Waals surface area contributed by atoms with Crippen molar-refractivity contribution in [2.75, 3.05) is 0 Å². The van der Waals surface area contributed by atoms with E-state index in [1.54, 1.807) is 0 Å². The largest absolute Gasteiger partial charge is 0.318 e. The summed E-state index contributed by atoms with van der Waals surface area (Å²) in [4.78, 5) is 14.1. The molecule has 250 valence electrons. The molecule has 0 unspecified atom stereocenters. The Bertz CT molecular complexity index is 3160. The second-order valence-corrected chi connectivity index (χ2v) is 13.2. The first-order chi connectivity index (χ1) is 26.7. The molecule has 0 atom stereocenters. The van der Waals surface area contributed by atoms with Crippen LogP contribution in [0.15, 0.2) is 170 Å². The summed E-state index contributed by atoms with van der Waals surface area (Å²) in [5.74, 6) is 0.511. The molecule has 10 aromatic rings. The monoisotopic (exact) mass is 688 g/mol. The number of rotatable bonds is 5. The Labute approximate surface area is 310 Å². The third-order valence-corrected chi connectivity index (χ3v) is 10.2. The number of nitrogens with zero attached hydrogens (tertiary/aromatic N) is 6. The van der Waals surface area contributed by atoms with Crippen molar-refractivity contribution in [1.82, 2.24) is 19.1 Å². The van der Waals surface area contributed by atoms with Crippen LogP contribution in [0.1, 0.15) is 5.56 Å². The fourth-order valence-corrected chi connectivity index (χ4v) is 7.86. The van der Waals surface area contributed by atoms with Crippen molar-refractivity contribution in [3.8, 4) is 51.3 Å². The lowest BCUT2D eigenvalue weighted by molar-refractivity contribution is 1.16. The maximum Gasteiger partial charge on any atom is 0.211 e. The molecule has 0 radical (unpaired) electrons. The highest BCUT2D eigenvalue weighted by atomic mass is 15.0. The first-order valence-corrected chi connectivity index (χ1v) is 17.7. The second-order valence-electron chi connectivity index (χ2n) is 13.2. The van der Waals surface area contributed by atoms with Gasteiger partial charge in [0.1, 0.15) is 11.6 Å². The van der Waals surface area contributed by atoms with E-state index in [-0.39, 0.29) is 0 Å². The summed E-state index contributed by atoms with van der Waals surface area (Å²) in [6, 6.07) is 59.5. The van der Waals surface area contributed by atoms with Crippen molar-refractivity contribution in [2.24, 2.45) is 0 Å². The standard InChI is InChI=1S/C48H28N6/c1-50-39-29-33(46-38(30-49)45(31-15-5-2-6-16-31)51-48(52-46)32-17-7-3-8-18-32)25-27-42(39)54-40-23-13-11-21-35(40)36-26-28-43-44(47(36)54)37-22-12-14-24-41(37)53(43)34-19-9-4-10-20-34/h2-29H. The lowest BCUT2D eigenvalue weighted by Crippen LogP contribution is -2.01. The van der Waals surface area contributed by atoms with Crippen LogP contribution in [0.25, 0.3) is 93.7 Å². The molecule has 0 saturated heterocycles. The van der Waals surface area contributed by atoms with Gasteiger partial charge >= 0.3 is 0 Å². The van der Waals surface area contributed by atoms with Gasteiger partial charge in [-0.25, -0.2) is 14.8 Å². The Kier molecular flexibility index (Phi) is 7.15. The second kappa shape index (κ2) is 12.5. The van der Waals surface area contributed by atoms with Crippen LogP contribution in [0.2, 0.25) is 0 Å². The van der Waals surface area contributed by atoms with Crippen LogP contribution in [-0.2, 0) is 0 Å². The van der Waals surface area contributed by atoms with E-state index in [2.05, 4.69) is 98.9 Å². The molecule has 3 aromatic heterocycles. The number of hydrogen-bond acceptors (Lipinski definition) is 3. The van der Waals surface area contributed by atoms with Crippen molar-refractivity contribution in [1.29, 1.82) is 5.26 Å². The number of hydrogen-bond donors (Lipinski definition) is 0. The molecule has 0 aliphatic carbocycles. The third kappa shape index (κ3) is 4.72. The van der Waals surface area contributed by atoms with Crippen molar-refractivity contribution in [3.63, 3.8) is 0 Å². The predicted octanol–water partition coefficient (Wildman–Crippen LogP) is 12.1. The van der Waals surface area contributed by atoms with E-state index < -0.39 is 0 Å². The minimum atomic E-state index is 0.358. The van der Waals surface area contributed by atoms with E-state index in [0.29, 0.717) is 34.0 Å². The molecule has 0 aliphatic heterocycles. The van der Waals surface area contributed by atoms with Gasteiger partial charge in [0.25, 0.3) is 0 Å². The van der Waals surface area contributed by atoms with E-state index in [0.717, 1.165) is 66.1 Å². The molecule has 10 rings (SSSR count). The molecular weight excluding hydrogens is 661 g/mol. The van der Waals surface area contributed by atoms with Crippen molar-refractivity contribution >= 4 is 49.3 Å². The fourth-order valence-electron chi connectivity index (χ4n) is 7.86. The summed E-state index contributed by atoms with van der Waals surface area (Å²) in [7, 11) is 0. The lowest BCUT2D eigenvalue weighted by atomic mass is 9.99. The van der Waals surface area contributed by atoms with E-state index >= 15 is 0 Å². The molecule has 0 bridgehead atoms. The number of fused-ring (bicyclic) bond motifs is 7. The van der Waals surface area contributed by atoms with Gasteiger partial charge < -0.3 is 9.13 Å². The Hall–Kier alpha value is -7.80. The average molecular weight is 689 g/mol. The van der Waals surface area contributed by atoms with Crippen LogP contribution in [0.4, 0.5) is 5.69 Å². The highest BCUT2D eigenvalue weighted by molar-refractivity contribution is 6.26. The maximum absolute atomic E-state index is 10.6. The van der Waals surface area contributed by atoms with Crippen LogP contribution < -0.4 is 0 Å². The van der Waals surface area contributed by atoms with Gasteiger partial charge in [0.05, 0.1) is 45.7 Å². The number of benzene rings is 7. The van der Waals surface area contributed by atoms with Gasteiger partial charge in [-0.15, -0.1) is 0 Å². The molecule has 6 nitrogen and oxygen atoms in total. The summed E-state index contributed by atoms with van der Waals surface area (Å²) in [6.07, 6.45) is 0. The van der Waals surface area contributed by atoms with Gasteiger partial charge in [-0.1, -0.05) is 127 Å². The van der Waals surface area contributed by atoms with Gasteiger partial charge in [0, 0.05) is 38.4 Å². The highest BCUT2D eigenvalue weighted by Gasteiger charge is 2.23. The summed E-state index contributed by atoms with van der Waals surface area (Å²) >= 11 is 0. The Morgan fingerprint density at radius 1 is 0.519 bits per heavy atom. The predicted molar refractivity (Wildman–Crippen MR) is 218 cm³/mol. The quantitative estimate of drug-likeness (QED) is 0.169. The van der Waals surface area contributed by atoms with Gasteiger partial charge in [0.2, 0.25) is 5.69 Å². The molecule has 0 saturated carbocycles. The van der Waals surface area contributed by atoms with Crippen LogP contribution >= 0.6 is 0 Å². The molecular formula is C48H28N6. The number of aromatic nitrogens is 4. The summed E-state index contributed by atoms with van der Waals surface area (Å²) in [6.45, 7) is 8.53. The topological polar surface area (TPSA) is 63.8 Å². The zero-order chi connectivity index (χ0) is 36.2. The first-order valence-electron chi connectivity index (χ1n) is 17.7. The molecule has 7 aromatic carbocycles. The van der Waals surface area contributed by atoms with Gasteiger partial charge in [-0.3, -0.25) is 0 Å². The highest BCUT2D eigenvalue weighted by Crippen LogP contribution is 2.44. The van der Waals surface area contributed by atoms with Gasteiger partial charge in [-0.2, -0.15) is 5.26 Å². The van der Waals surface area contributed by atoms with Crippen LogP contribution in [0, 0.1) is 17.9 Å². The van der Waals surface area contributed by atoms with Gasteiger partial charge in [-0.05, 0) is 48.0 Å². The minimum Gasteiger partial charge on any atom is -0.318 e. The SMILES string of the molecule is [C-]#[N+]c1cc(-c2nc(-c3ccccc3)nc(-c3ccccc3)c2C#N)ccc1-n1c2ccccc2c2ccc3c(c4ccccc4n3-c3ccccc3)c21. The third-order valence-electron chi connectivity index (χ3n) is 10.2. The summed E-state index contributed by atoms with van der Waals surface area (Å²) in [5.41, 5.74) is 10.2. The van der Waals surface area contributed by atoms with Crippen LogP contribution in [0.3, 0.4) is 0 Å². The Morgan fingerprint density at radius 2 is 1.11 bits per heavy atom. The average Bonchev–Trinajstić information content (AvgIpc) is 3.77. The first kappa shape index (κ1) is 31.0. The van der Waals surface area contributed by atoms with Crippen molar-refractivity contribution < 1.29 is 0 Å². The van der Waals surface area contributed by atoms with Crippen LogP contribution in [0.5, 0.6) is 0 Å². The minimum absolute atomic E-state index is 0.358. The zero-order valence-electron chi connectivity index (χ0n) is 28.8. The Morgan fingerprint density at radius 3 is 1.80 bits per heavy atom. The van der Waals surface area contributed by atoms with E-state index in [1.807, 2.05) is 91.0 Å². The van der Waals surface area contributed by atoms with Gasteiger partial charge in [0.15, 0.2) is 5.82 Å². The number of nitriles is 1. The maximum atomic E-state index is 10.6. The molecule has 6 heteroatoms. The van der Waals surface area contributed by atoms with E-state index in [1.165, 1.54) is 0 Å². The van der Waals surface area contributed by atoms with E-state index in [9.17, 15) is 5.26 Å². The zero-order valence-corrected chi connectivity index (χ0v) is 28.8. The molecule has 0 aliphatic rings. The molecule has 3 heterocycles. The molecule has 0 amide bonds. The molecule has 0 spiro atoms. The van der Waals surface area contributed by atoms with E-state index in [4.69, 9.17) is 16.5 Å². The number of para-hydroxylation sites is 3. The molecule has 54 heavy (non-hydrogen) atoms. The molecule has 0 fully saturated rings. The van der Waals surface area contributed by atoms with Crippen molar-refractivity contribution in [3.05, 3.63) is 187 Å².